The van der Waals surface area contributed by atoms with Crippen molar-refractivity contribution in [2.75, 3.05) is 0 Å². The van der Waals surface area contributed by atoms with Gasteiger partial charge in [0.25, 0.3) is 0 Å². The van der Waals surface area contributed by atoms with E-state index in [2.05, 4.69) is 20.8 Å². The van der Waals surface area contributed by atoms with E-state index in [0.29, 0.717) is 5.41 Å². The Morgan fingerprint density at radius 3 is 2.08 bits per heavy atom. The third-order valence-electron chi connectivity index (χ3n) is 4.09. The third-order valence-corrected chi connectivity index (χ3v) is 4.09. The van der Waals surface area contributed by atoms with Crippen LogP contribution in [0, 0.1) is 16.7 Å². The van der Waals surface area contributed by atoms with Crippen molar-refractivity contribution < 1.29 is 0 Å². The van der Waals surface area contributed by atoms with E-state index in [1.165, 1.54) is 38.5 Å². The van der Waals surface area contributed by atoms with Crippen molar-refractivity contribution in [2.45, 2.75) is 59.3 Å². The standard InChI is InChI=1S/C12H22/c1-11(2,3)10-6-4-5-7-12(10)8-9-12/h10H,4-9H2,1-3H3. The maximum atomic E-state index is 2.43. The molecule has 0 aromatic heterocycles. The molecule has 1 unspecified atom stereocenters. The van der Waals surface area contributed by atoms with E-state index in [-0.39, 0.29) is 0 Å². The lowest BCUT2D eigenvalue weighted by molar-refractivity contribution is 0.0901. The molecule has 0 N–H and O–H groups in total. The Bertz CT molecular complexity index is 169. The van der Waals surface area contributed by atoms with Gasteiger partial charge in [-0.25, -0.2) is 0 Å². The maximum absolute atomic E-state index is 2.43. The van der Waals surface area contributed by atoms with Gasteiger partial charge in [-0.15, -0.1) is 0 Å². The molecule has 2 aliphatic carbocycles. The fourth-order valence-corrected chi connectivity index (χ4v) is 3.42. The Morgan fingerprint density at radius 2 is 1.67 bits per heavy atom. The smallest absolute Gasteiger partial charge is 0.0264 e. The van der Waals surface area contributed by atoms with Gasteiger partial charge in [0.05, 0.1) is 0 Å². The van der Waals surface area contributed by atoms with Gasteiger partial charge in [0.1, 0.15) is 0 Å². The molecule has 0 radical (unpaired) electrons. The van der Waals surface area contributed by atoms with Crippen LogP contribution in [0.4, 0.5) is 0 Å². The molecule has 12 heavy (non-hydrogen) atoms. The molecule has 0 heteroatoms. The normalized spacial score (nSPS) is 33.8. The largest absolute Gasteiger partial charge is 0.0599 e. The van der Waals surface area contributed by atoms with Crippen LogP contribution in [0.15, 0.2) is 0 Å². The number of rotatable bonds is 0. The highest BCUT2D eigenvalue weighted by molar-refractivity contribution is 5.03. The molecule has 0 heterocycles. The summed E-state index contributed by atoms with van der Waals surface area (Å²) in [6, 6.07) is 0. The zero-order chi connectivity index (χ0) is 8.82. The van der Waals surface area contributed by atoms with Crippen LogP contribution in [0.1, 0.15) is 59.3 Å². The zero-order valence-corrected chi connectivity index (χ0v) is 8.82. The van der Waals surface area contributed by atoms with Crippen LogP contribution in [0.25, 0.3) is 0 Å². The summed E-state index contributed by atoms with van der Waals surface area (Å²) in [5, 5.41) is 0. The summed E-state index contributed by atoms with van der Waals surface area (Å²) in [7, 11) is 0. The predicted octanol–water partition coefficient (Wildman–Crippen LogP) is 4.00. The van der Waals surface area contributed by atoms with Crippen LogP contribution < -0.4 is 0 Å². The Morgan fingerprint density at radius 1 is 1.00 bits per heavy atom. The first-order valence-corrected chi connectivity index (χ1v) is 5.55. The van der Waals surface area contributed by atoms with Gasteiger partial charge in [-0.3, -0.25) is 0 Å². The molecule has 0 bridgehead atoms. The molecule has 2 rings (SSSR count). The van der Waals surface area contributed by atoms with Gasteiger partial charge < -0.3 is 0 Å². The minimum absolute atomic E-state index is 0.566. The second-order valence-electron chi connectivity index (χ2n) is 6.03. The minimum Gasteiger partial charge on any atom is -0.0599 e. The van der Waals surface area contributed by atoms with Crippen LogP contribution >= 0.6 is 0 Å². The zero-order valence-electron chi connectivity index (χ0n) is 8.82. The van der Waals surface area contributed by atoms with E-state index in [4.69, 9.17) is 0 Å². The third kappa shape index (κ3) is 1.30. The molecule has 2 aliphatic rings. The van der Waals surface area contributed by atoms with Crippen molar-refractivity contribution in [1.82, 2.24) is 0 Å². The van der Waals surface area contributed by atoms with Gasteiger partial charge in [0.15, 0.2) is 0 Å². The van der Waals surface area contributed by atoms with E-state index in [1.807, 2.05) is 0 Å². The number of hydrogen-bond acceptors (Lipinski definition) is 0. The SMILES string of the molecule is CC(C)(C)C1CCCCC12CC2. The lowest BCUT2D eigenvalue weighted by Gasteiger charge is -2.41. The van der Waals surface area contributed by atoms with Crippen LogP contribution in [0.5, 0.6) is 0 Å². The highest BCUT2D eigenvalue weighted by Gasteiger charge is 2.53. The first-order valence-electron chi connectivity index (χ1n) is 5.55. The summed E-state index contributed by atoms with van der Waals surface area (Å²) in [5.41, 5.74) is 1.40. The molecule has 0 amide bonds. The number of hydrogen-bond donors (Lipinski definition) is 0. The molecule has 70 valence electrons. The molecule has 0 aromatic rings. The molecular formula is C12H22. The van der Waals surface area contributed by atoms with Crippen molar-refractivity contribution in [3.8, 4) is 0 Å². The van der Waals surface area contributed by atoms with Crippen LogP contribution in [-0.2, 0) is 0 Å². The molecule has 1 spiro atoms. The monoisotopic (exact) mass is 166 g/mol. The second-order valence-corrected chi connectivity index (χ2v) is 6.03. The van der Waals surface area contributed by atoms with Gasteiger partial charge in [0.2, 0.25) is 0 Å². The quantitative estimate of drug-likeness (QED) is 0.510. The Labute approximate surface area is 76.7 Å². The average molecular weight is 166 g/mol. The van der Waals surface area contributed by atoms with E-state index in [0.717, 1.165) is 11.3 Å². The molecule has 0 nitrogen and oxygen atoms in total. The predicted molar refractivity (Wildman–Crippen MR) is 53.1 cm³/mol. The Hall–Kier alpha value is 0. The van der Waals surface area contributed by atoms with Gasteiger partial charge in [-0.1, -0.05) is 33.6 Å². The van der Waals surface area contributed by atoms with Crippen molar-refractivity contribution in [3.63, 3.8) is 0 Å². The van der Waals surface area contributed by atoms with Crippen LogP contribution in [0.3, 0.4) is 0 Å². The van der Waals surface area contributed by atoms with E-state index < -0.39 is 0 Å². The Kier molecular flexibility index (Phi) is 1.79. The van der Waals surface area contributed by atoms with Gasteiger partial charge >= 0.3 is 0 Å². The molecule has 0 saturated heterocycles. The summed E-state index contributed by atoms with van der Waals surface area (Å²) in [5.74, 6) is 1.03. The summed E-state index contributed by atoms with van der Waals surface area (Å²) < 4.78 is 0. The van der Waals surface area contributed by atoms with Crippen molar-refractivity contribution in [1.29, 1.82) is 0 Å². The van der Waals surface area contributed by atoms with E-state index in [9.17, 15) is 0 Å². The summed E-state index contributed by atoms with van der Waals surface area (Å²) in [6.45, 7) is 7.30. The molecule has 0 aromatic carbocycles. The first kappa shape index (κ1) is 8.59. The molecule has 2 saturated carbocycles. The highest BCUT2D eigenvalue weighted by atomic mass is 14.6. The fourth-order valence-electron chi connectivity index (χ4n) is 3.42. The average Bonchev–Trinajstić information content (AvgIpc) is 2.68. The highest BCUT2D eigenvalue weighted by Crippen LogP contribution is 2.63. The van der Waals surface area contributed by atoms with Crippen LogP contribution in [-0.4, -0.2) is 0 Å². The maximum Gasteiger partial charge on any atom is -0.0264 e. The molecule has 0 aliphatic heterocycles. The summed E-state index contributed by atoms with van der Waals surface area (Å²) in [4.78, 5) is 0. The fraction of sp³-hybridized carbons (Fsp3) is 1.00. The lowest BCUT2D eigenvalue weighted by Crippen LogP contribution is -2.32. The van der Waals surface area contributed by atoms with Crippen molar-refractivity contribution >= 4 is 0 Å². The molecule has 1 atom stereocenters. The van der Waals surface area contributed by atoms with E-state index >= 15 is 0 Å². The van der Waals surface area contributed by atoms with Crippen LogP contribution in [0.2, 0.25) is 0 Å². The van der Waals surface area contributed by atoms with Crippen molar-refractivity contribution in [2.24, 2.45) is 16.7 Å². The van der Waals surface area contributed by atoms with Gasteiger partial charge in [0, 0.05) is 0 Å². The molecular weight excluding hydrogens is 144 g/mol. The lowest BCUT2D eigenvalue weighted by atomic mass is 9.64. The topological polar surface area (TPSA) is 0 Å². The minimum atomic E-state index is 0.566. The summed E-state index contributed by atoms with van der Waals surface area (Å²) in [6.07, 6.45) is 9.11. The van der Waals surface area contributed by atoms with Crippen molar-refractivity contribution in [3.05, 3.63) is 0 Å². The summed E-state index contributed by atoms with van der Waals surface area (Å²) >= 11 is 0. The van der Waals surface area contributed by atoms with Gasteiger partial charge in [-0.05, 0) is 42.4 Å². The molecule has 2 fully saturated rings. The van der Waals surface area contributed by atoms with Gasteiger partial charge in [-0.2, -0.15) is 0 Å². The Balaban J connectivity index is 2.12. The first-order chi connectivity index (χ1) is 5.55. The second kappa shape index (κ2) is 2.49. The van der Waals surface area contributed by atoms with E-state index in [1.54, 1.807) is 0 Å².